The van der Waals surface area contributed by atoms with Gasteiger partial charge in [-0.1, -0.05) is 36.2 Å². The summed E-state index contributed by atoms with van der Waals surface area (Å²) in [5.74, 6) is 0. The van der Waals surface area contributed by atoms with E-state index >= 15 is 0 Å². The molecule has 0 nitrogen and oxygen atoms in total. The molecule has 1 rings (SSSR count). The zero-order valence-electron chi connectivity index (χ0n) is 6.70. The van der Waals surface area contributed by atoms with Gasteiger partial charge in [0, 0.05) is 10.6 Å². The molecule has 0 fully saturated rings. The Morgan fingerprint density at radius 1 is 1.33 bits per heavy atom. The predicted molar refractivity (Wildman–Crippen MR) is 50.7 cm³/mol. The molecule has 0 radical (unpaired) electrons. The van der Waals surface area contributed by atoms with E-state index in [-0.39, 0.29) is 0 Å². The molecule has 1 aromatic rings. The Balaban J connectivity index is 3.24. The quantitative estimate of drug-likeness (QED) is 0.686. The summed E-state index contributed by atoms with van der Waals surface area (Å²) in [4.78, 5) is 0. The lowest BCUT2D eigenvalue weighted by Crippen LogP contribution is -1.89. The first kappa shape index (κ1) is 9.82. The second kappa shape index (κ2) is 4.11. The van der Waals surface area contributed by atoms with Crippen molar-refractivity contribution in [3.63, 3.8) is 0 Å². The van der Waals surface area contributed by atoms with E-state index in [4.69, 9.17) is 23.2 Å². The summed E-state index contributed by atoms with van der Waals surface area (Å²) in [6.07, 6.45) is 0.728. The summed E-state index contributed by atoms with van der Waals surface area (Å²) in [5.41, 5.74) is 1.34. The minimum absolute atomic E-state index is 0.465. The number of halogens is 3. The lowest BCUT2D eigenvalue weighted by Gasteiger charge is -2.06. The van der Waals surface area contributed by atoms with E-state index in [0.717, 1.165) is 12.0 Å². The van der Waals surface area contributed by atoms with E-state index in [1.807, 2.05) is 6.92 Å². The first-order chi connectivity index (χ1) is 5.70. The smallest absolute Gasteiger partial charge is 0.116 e. The molecule has 0 heterocycles. The Morgan fingerprint density at radius 3 is 2.50 bits per heavy atom. The van der Waals surface area contributed by atoms with Crippen LogP contribution < -0.4 is 0 Å². The second-order valence-corrected chi connectivity index (χ2v) is 3.27. The molecule has 0 bridgehead atoms. The summed E-state index contributed by atoms with van der Waals surface area (Å²) in [6, 6.07) is 3.30. The van der Waals surface area contributed by atoms with Gasteiger partial charge >= 0.3 is 0 Å². The fraction of sp³-hybridized carbons (Fsp3) is 0.333. The van der Waals surface area contributed by atoms with Crippen molar-refractivity contribution in [2.24, 2.45) is 0 Å². The minimum Gasteiger partial charge on any atom is -0.246 e. The highest BCUT2D eigenvalue weighted by Gasteiger charge is 2.07. The number of hydrogen-bond donors (Lipinski definition) is 0. The summed E-state index contributed by atoms with van der Waals surface area (Å²) < 4.78 is 12.3. The zero-order chi connectivity index (χ0) is 9.14. The molecule has 0 saturated heterocycles. The molecule has 0 atom stereocenters. The standard InChI is InChI=1S/C9H9Cl2F/c1-2-7-8(10)4-3-6(5-12)9(7)11/h3-4H,2,5H2,1H3. The number of alkyl halides is 1. The SMILES string of the molecule is CCc1c(Cl)ccc(CF)c1Cl. The van der Waals surface area contributed by atoms with Crippen molar-refractivity contribution in [3.8, 4) is 0 Å². The maximum absolute atomic E-state index is 12.3. The highest BCUT2D eigenvalue weighted by molar-refractivity contribution is 6.36. The molecule has 66 valence electrons. The molecule has 0 amide bonds. The molecule has 3 heteroatoms. The largest absolute Gasteiger partial charge is 0.246 e. The first-order valence-electron chi connectivity index (χ1n) is 3.72. The third-order valence-electron chi connectivity index (χ3n) is 1.76. The van der Waals surface area contributed by atoms with E-state index in [2.05, 4.69) is 0 Å². The third kappa shape index (κ3) is 1.73. The van der Waals surface area contributed by atoms with Crippen LogP contribution in [0.5, 0.6) is 0 Å². The average Bonchev–Trinajstić information content (AvgIpc) is 2.06. The maximum Gasteiger partial charge on any atom is 0.116 e. The molecule has 0 N–H and O–H groups in total. The molecular formula is C9H9Cl2F. The lowest BCUT2D eigenvalue weighted by molar-refractivity contribution is 0.485. The van der Waals surface area contributed by atoms with Gasteiger partial charge in [-0.2, -0.15) is 0 Å². The second-order valence-electron chi connectivity index (χ2n) is 2.49. The van der Waals surface area contributed by atoms with Crippen molar-refractivity contribution >= 4 is 23.2 Å². The lowest BCUT2D eigenvalue weighted by atomic mass is 10.1. The molecule has 0 aliphatic rings. The third-order valence-corrected chi connectivity index (χ3v) is 2.59. The van der Waals surface area contributed by atoms with Crippen molar-refractivity contribution in [3.05, 3.63) is 33.3 Å². The Morgan fingerprint density at radius 2 is 2.00 bits per heavy atom. The summed E-state index contributed by atoms with van der Waals surface area (Å²) in [7, 11) is 0. The summed E-state index contributed by atoms with van der Waals surface area (Å²) in [5, 5.41) is 1.08. The molecule has 0 spiro atoms. The van der Waals surface area contributed by atoms with Crippen molar-refractivity contribution < 1.29 is 4.39 Å². The van der Waals surface area contributed by atoms with Gasteiger partial charge in [0.15, 0.2) is 0 Å². The Hall–Kier alpha value is -0.270. The van der Waals surface area contributed by atoms with Crippen molar-refractivity contribution in [1.29, 1.82) is 0 Å². The highest BCUT2D eigenvalue weighted by atomic mass is 35.5. The molecule has 1 aromatic carbocycles. The topological polar surface area (TPSA) is 0 Å². The Kier molecular flexibility index (Phi) is 3.36. The van der Waals surface area contributed by atoms with Gasteiger partial charge in [-0.05, 0) is 18.1 Å². The van der Waals surface area contributed by atoms with Gasteiger partial charge in [-0.15, -0.1) is 0 Å². The van der Waals surface area contributed by atoms with Crippen LogP contribution >= 0.6 is 23.2 Å². The van der Waals surface area contributed by atoms with Crippen LogP contribution in [0.1, 0.15) is 18.1 Å². The van der Waals surface area contributed by atoms with Crippen LogP contribution in [0.3, 0.4) is 0 Å². The van der Waals surface area contributed by atoms with Crippen molar-refractivity contribution in [2.45, 2.75) is 20.0 Å². The van der Waals surface area contributed by atoms with E-state index in [0.29, 0.717) is 15.6 Å². The van der Waals surface area contributed by atoms with Gasteiger partial charge in [-0.3, -0.25) is 0 Å². The highest BCUT2D eigenvalue weighted by Crippen LogP contribution is 2.28. The van der Waals surface area contributed by atoms with Crippen molar-refractivity contribution in [2.75, 3.05) is 0 Å². The van der Waals surface area contributed by atoms with Gasteiger partial charge in [0.2, 0.25) is 0 Å². The Labute approximate surface area is 81.3 Å². The summed E-state index contributed by atoms with van der Waals surface area (Å²) in [6.45, 7) is 1.40. The normalized spacial score (nSPS) is 10.3. The molecule has 0 saturated carbocycles. The minimum atomic E-state index is -0.539. The van der Waals surface area contributed by atoms with E-state index < -0.39 is 6.67 Å². The van der Waals surface area contributed by atoms with E-state index in [9.17, 15) is 4.39 Å². The molecule has 0 aromatic heterocycles. The number of benzene rings is 1. The molecule has 0 aliphatic heterocycles. The fourth-order valence-corrected chi connectivity index (χ4v) is 1.76. The van der Waals surface area contributed by atoms with Gasteiger partial charge in [-0.25, -0.2) is 4.39 Å². The zero-order valence-corrected chi connectivity index (χ0v) is 8.21. The predicted octanol–water partition coefficient (Wildman–Crippen LogP) is 4.03. The van der Waals surface area contributed by atoms with Gasteiger partial charge in [0.25, 0.3) is 0 Å². The Bertz CT molecular complexity index is 284. The molecule has 0 unspecified atom stereocenters. The van der Waals surface area contributed by atoms with Gasteiger partial charge in [0.05, 0.1) is 5.02 Å². The van der Waals surface area contributed by atoms with Crippen LogP contribution in [-0.4, -0.2) is 0 Å². The van der Waals surface area contributed by atoms with Crippen molar-refractivity contribution in [1.82, 2.24) is 0 Å². The fourth-order valence-electron chi connectivity index (χ4n) is 1.07. The van der Waals surface area contributed by atoms with Crippen LogP contribution in [0, 0.1) is 0 Å². The molecular weight excluding hydrogens is 198 g/mol. The summed E-state index contributed by atoms with van der Waals surface area (Å²) >= 11 is 11.7. The molecule has 0 aliphatic carbocycles. The van der Waals surface area contributed by atoms with Crippen LogP contribution in [0.4, 0.5) is 4.39 Å². The maximum atomic E-state index is 12.3. The van der Waals surface area contributed by atoms with Crippen LogP contribution in [0.25, 0.3) is 0 Å². The van der Waals surface area contributed by atoms with Crippen LogP contribution in [0.15, 0.2) is 12.1 Å². The number of rotatable bonds is 2. The van der Waals surface area contributed by atoms with Gasteiger partial charge < -0.3 is 0 Å². The van der Waals surface area contributed by atoms with Crippen LogP contribution in [0.2, 0.25) is 10.0 Å². The number of hydrogen-bond acceptors (Lipinski definition) is 0. The molecule has 12 heavy (non-hydrogen) atoms. The monoisotopic (exact) mass is 206 g/mol. The van der Waals surface area contributed by atoms with E-state index in [1.54, 1.807) is 12.1 Å². The van der Waals surface area contributed by atoms with Crippen LogP contribution in [-0.2, 0) is 13.1 Å². The first-order valence-corrected chi connectivity index (χ1v) is 4.48. The van der Waals surface area contributed by atoms with E-state index in [1.165, 1.54) is 0 Å². The average molecular weight is 207 g/mol. The van der Waals surface area contributed by atoms with Gasteiger partial charge in [0.1, 0.15) is 6.67 Å².